The second kappa shape index (κ2) is 6.21. The molecule has 0 radical (unpaired) electrons. The van der Waals surface area contributed by atoms with E-state index in [1.165, 1.54) is 11.3 Å². The van der Waals surface area contributed by atoms with E-state index in [0.29, 0.717) is 5.82 Å². The molecule has 1 amide bonds. The third-order valence-electron chi connectivity index (χ3n) is 2.26. The monoisotopic (exact) mass is 297 g/mol. The number of carboxylic acids is 1. The molecule has 2 aromatic heterocycles. The van der Waals surface area contributed by atoms with E-state index < -0.39 is 18.0 Å². The fourth-order valence-corrected chi connectivity index (χ4v) is 1.94. The third kappa shape index (κ3) is 3.59. The van der Waals surface area contributed by atoms with Gasteiger partial charge in [0.2, 0.25) is 11.7 Å². The maximum Gasteiger partial charge on any atom is 0.334 e. The molecule has 0 spiro atoms. The van der Waals surface area contributed by atoms with Crippen molar-refractivity contribution in [2.75, 3.05) is 6.54 Å². The van der Waals surface area contributed by atoms with Crippen LogP contribution in [0.5, 0.6) is 0 Å². The molecular weight excluding hydrogens is 286 g/mol. The lowest BCUT2D eigenvalue weighted by Gasteiger charge is -2.06. The first-order valence-corrected chi connectivity index (χ1v) is 6.43. The van der Waals surface area contributed by atoms with Crippen molar-refractivity contribution in [3.05, 3.63) is 17.5 Å². The van der Waals surface area contributed by atoms with Crippen molar-refractivity contribution in [1.29, 1.82) is 0 Å². The van der Waals surface area contributed by atoms with Gasteiger partial charge in [-0.2, -0.15) is 4.80 Å². The number of carbonyl (C=O) groups excluding carboxylic acids is 1. The Morgan fingerprint density at radius 3 is 2.95 bits per heavy atom. The molecule has 2 heterocycles. The fraction of sp³-hybridized carbons (Fsp3) is 0.300. The summed E-state index contributed by atoms with van der Waals surface area (Å²) < 4.78 is 0. The van der Waals surface area contributed by atoms with Crippen LogP contribution in [0.15, 0.2) is 17.5 Å². The summed E-state index contributed by atoms with van der Waals surface area (Å²) in [5, 5.41) is 33.1. The zero-order chi connectivity index (χ0) is 14.5. The van der Waals surface area contributed by atoms with Crippen LogP contribution in [0.1, 0.15) is 0 Å². The molecule has 1 unspecified atom stereocenters. The number of amides is 1. The van der Waals surface area contributed by atoms with E-state index in [4.69, 9.17) is 10.2 Å². The van der Waals surface area contributed by atoms with E-state index >= 15 is 0 Å². The smallest absolute Gasteiger partial charge is 0.334 e. The Hall–Kier alpha value is -2.33. The zero-order valence-corrected chi connectivity index (χ0v) is 10.9. The van der Waals surface area contributed by atoms with Crippen LogP contribution in [0.2, 0.25) is 0 Å². The van der Waals surface area contributed by atoms with Gasteiger partial charge in [0.15, 0.2) is 6.10 Å². The minimum absolute atomic E-state index is 0.204. The van der Waals surface area contributed by atoms with Crippen LogP contribution in [-0.2, 0) is 16.1 Å². The van der Waals surface area contributed by atoms with E-state index in [2.05, 4.69) is 20.7 Å². The van der Waals surface area contributed by atoms with Gasteiger partial charge >= 0.3 is 5.97 Å². The number of aliphatic carboxylic acids is 1. The van der Waals surface area contributed by atoms with Gasteiger partial charge < -0.3 is 15.5 Å². The van der Waals surface area contributed by atoms with Crippen molar-refractivity contribution in [2.24, 2.45) is 0 Å². The minimum atomic E-state index is -1.63. The van der Waals surface area contributed by atoms with Crippen molar-refractivity contribution in [2.45, 2.75) is 12.6 Å². The highest BCUT2D eigenvalue weighted by molar-refractivity contribution is 7.13. The molecule has 0 aliphatic carbocycles. The summed E-state index contributed by atoms with van der Waals surface area (Å²) in [5.74, 6) is -1.50. The molecule has 3 N–H and O–H groups in total. The van der Waals surface area contributed by atoms with E-state index in [0.717, 1.165) is 9.67 Å². The molecule has 106 valence electrons. The number of rotatable bonds is 6. The van der Waals surface area contributed by atoms with Gasteiger partial charge in [0.25, 0.3) is 0 Å². The van der Waals surface area contributed by atoms with Crippen LogP contribution < -0.4 is 5.32 Å². The summed E-state index contributed by atoms with van der Waals surface area (Å²) in [6.07, 6.45) is -1.63. The molecule has 2 aromatic rings. The van der Waals surface area contributed by atoms with Gasteiger partial charge in [0.1, 0.15) is 6.54 Å². The molecule has 10 heteroatoms. The highest BCUT2D eigenvalue weighted by Crippen LogP contribution is 2.19. The van der Waals surface area contributed by atoms with Crippen LogP contribution >= 0.6 is 11.3 Å². The number of thiophene rings is 1. The molecular formula is C10H11N5O4S. The molecule has 20 heavy (non-hydrogen) atoms. The van der Waals surface area contributed by atoms with Gasteiger partial charge in [0, 0.05) is 0 Å². The molecule has 0 aliphatic rings. The van der Waals surface area contributed by atoms with Gasteiger partial charge in [-0.15, -0.1) is 21.5 Å². The van der Waals surface area contributed by atoms with E-state index in [1.54, 1.807) is 0 Å². The highest BCUT2D eigenvalue weighted by atomic mass is 32.1. The Balaban J connectivity index is 1.87. The zero-order valence-electron chi connectivity index (χ0n) is 10.1. The van der Waals surface area contributed by atoms with Crippen molar-refractivity contribution in [3.8, 4) is 10.7 Å². The Morgan fingerprint density at radius 1 is 1.50 bits per heavy atom. The molecule has 1 atom stereocenters. The number of nitrogens with zero attached hydrogens (tertiary/aromatic N) is 4. The molecule has 9 nitrogen and oxygen atoms in total. The number of hydrogen-bond donors (Lipinski definition) is 3. The Morgan fingerprint density at radius 2 is 2.30 bits per heavy atom. The quantitative estimate of drug-likeness (QED) is 0.621. The lowest BCUT2D eigenvalue weighted by Crippen LogP contribution is -2.38. The van der Waals surface area contributed by atoms with Crippen molar-refractivity contribution in [3.63, 3.8) is 0 Å². The average molecular weight is 297 g/mol. The molecule has 0 bridgehead atoms. The molecule has 0 aromatic carbocycles. The number of carboxylic acid groups (broad SMARTS) is 1. The Kier molecular flexibility index (Phi) is 4.38. The number of aliphatic hydroxyl groups excluding tert-OH is 1. The maximum atomic E-state index is 11.5. The normalized spacial score (nSPS) is 12.1. The summed E-state index contributed by atoms with van der Waals surface area (Å²) >= 11 is 1.45. The van der Waals surface area contributed by atoms with Gasteiger partial charge in [-0.05, 0) is 16.7 Å². The van der Waals surface area contributed by atoms with Crippen LogP contribution in [0.25, 0.3) is 10.7 Å². The van der Waals surface area contributed by atoms with Crippen LogP contribution in [0.4, 0.5) is 0 Å². The molecule has 0 fully saturated rings. The largest absolute Gasteiger partial charge is 0.479 e. The first kappa shape index (κ1) is 14.1. The second-order valence-corrected chi connectivity index (χ2v) is 4.73. The number of tetrazole rings is 1. The average Bonchev–Trinajstić information content (AvgIpc) is 3.05. The van der Waals surface area contributed by atoms with Crippen LogP contribution in [-0.4, -0.2) is 54.9 Å². The summed E-state index contributed by atoms with van der Waals surface area (Å²) in [4.78, 5) is 23.8. The fourth-order valence-electron chi connectivity index (χ4n) is 1.30. The van der Waals surface area contributed by atoms with Crippen LogP contribution in [0, 0.1) is 0 Å². The standard InChI is InChI=1S/C10H11N5O4S/c16-6(10(18)19)4-11-8(17)5-15-13-9(12-14-15)7-2-1-3-20-7/h1-3,6,16H,4-5H2,(H,11,17)(H,18,19). The number of carbonyl (C=O) groups is 2. The van der Waals surface area contributed by atoms with Gasteiger partial charge in [-0.1, -0.05) is 6.07 Å². The topological polar surface area (TPSA) is 130 Å². The second-order valence-electron chi connectivity index (χ2n) is 3.78. The Labute approximate surface area is 116 Å². The lowest BCUT2D eigenvalue weighted by atomic mass is 10.3. The first-order chi connectivity index (χ1) is 9.56. The van der Waals surface area contributed by atoms with Gasteiger partial charge in [-0.25, -0.2) is 4.79 Å². The Bertz CT molecular complexity index is 597. The first-order valence-electron chi connectivity index (χ1n) is 5.55. The predicted molar refractivity (Wildman–Crippen MR) is 67.8 cm³/mol. The molecule has 0 aliphatic heterocycles. The maximum absolute atomic E-state index is 11.5. The highest BCUT2D eigenvalue weighted by Gasteiger charge is 2.15. The minimum Gasteiger partial charge on any atom is -0.479 e. The summed E-state index contributed by atoms with van der Waals surface area (Å²) in [7, 11) is 0. The lowest BCUT2D eigenvalue weighted by molar-refractivity contribution is -0.146. The number of hydrogen-bond acceptors (Lipinski definition) is 7. The van der Waals surface area contributed by atoms with E-state index in [-0.39, 0.29) is 13.1 Å². The van der Waals surface area contributed by atoms with E-state index in [9.17, 15) is 9.59 Å². The van der Waals surface area contributed by atoms with Crippen molar-refractivity contribution >= 4 is 23.2 Å². The third-order valence-corrected chi connectivity index (χ3v) is 3.12. The van der Waals surface area contributed by atoms with Crippen LogP contribution in [0.3, 0.4) is 0 Å². The summed E-state index contributed by atoms with van der Waals surface area (Å²) in [5.41, 5.74) is 0. The van der Waals surface area contributed by atoms with Crippen molar-refractivity contribution < 1.29 is 19.8 Å². The number of nitrogens with one attached hydrogen (secondary N) is 1. The van der Waals surface area contributed by atoms with Crippen molar-refractivity contribution in [1.82, 2.24) is 25.5 Å². The molecule has 0 saturated carbocycles. The van der Waals surface area contributed by atoms with Gasteiger partial charge in [-0.3, -0.25) is 4.79 Å². The SMILES string of the molecule is O=C(Cn1nnc(-c2cccs2)n1)NCC(O)C(=O)O. The van der Waals surface area contributed by atoms with Gasteiger partial charge in [0.05, 0.1) is 11.4 Å². The van der Waals surface area contributed by atoms with E-state index in [1.807, 2.05) is 17.5 Å². The molecule has 2 rings (SSSR count). The molecule has 0 saturated heterocycles. The number of aliphatic hydroxyl groups is 1. The summed E-state index contributed by atoms with van der Waals surface area (Å²) in [6, 6.07) is 3.68. The number of aromatic nitrogens is 4. The summed E-state index contributed by atoms with van der Waals surface area (Å²) in [6.45, 7) is -0.578. The predicted octanol–water partition coefficient (Wildman–Crippen LogP) is -1.04.